The van der Waals surface area contributed by atoms with E-state index in [1.807, 2.05) is 101 Å². The number of aryl methyl sites for hydroxylation is 3. The van der Waals surface area contributed by atoms with E-state index in [4.69, 9.17) is 13.6 Å². The van der Waals surface area contributed by atoms with Crippen LogP contribution < -0.4 is 0 Å². The van der Waals surface area contributed by atoms with Crippen molar-refractivity contribution in [1.29, 1.82) is 0 Å². The lowest BCUT2D eigenvalue weighted by Crippen LogP contribution is -2.13. The minimum Gasteiger partial charge on any atom is -0.507 e. The van der Waals surface area contributed by atoms with Gasteiger partial charge >= 0.3 is 7.82 Å². The molecule has 0 aromatic heterocycles. The topological polar surface area (TPSA) is 105 Å². The Hall–Kier alpha value is -2.83. The van der Waals surface area contributed by atoms with Crippen LogP contribution in [-0.2, 0) is 54.2 Å². The molecule has 242 valence electrons. The Morgan fingerprint density at radius 1 is 0.500 bits per heavy atom. The predicted molar refractivity (Wildman–Crippen MR) is 177 cm³/mol. The molecule has 0 fully saturated rings. The maximum absolute atomic E-state index is 14.2. The van der Waals surface area contributed by atoms with E-state index in [0.29, 0.717) is 16.7 Å². The van der Waals surface area contributed by atoms with Gasteiger partial charge in [-0.15, -0.1) is 0 Å². The summed E-state index contributed by atoms with van der Waals surface area (Å²) in [6.45, 7) is 23.4. The summed E-state index contributed by atoms with van der Waals surface area (Å²) in [6, 6.07) is 11.0. The van der Waals surface area contributed by atoms with E-state index >= 15 is 0 Å². The number of hydrogen-bond acceptors (Lipinski definition) is 7. The molecule has 8 heteroatoms. The lowest BCUT2D eigenvalue weighted by atomic mass is 9.84. The van der Waals surface area contributed by atoms with E-state index < -0.39 is 7.82 Å². The molecule has 0 spiro atoms. The van der Waals surface area contributed by atoms with E-state index in [2.05, 4.69) is 0 Å². The lowest BCUT2D eigenvalue weighted by Gasteiger charge is -2.25. The van der Waals surface area contributed by atoms with Crippen molar-refractivity contribution in [3.05, 3.63) is 86.5 Å². The third-order valence-corrected chi connectivity index (χ3v) is 9.01. The van der Waals surface area contributed by atoms with Gasteiger partial charge in [0.05, 0.1) is 19.8 Å². The molecule has 0 aliphatic rings. The highest BCUT2D eigenvalue weighted by Gasteiger charge is 2.30. The maximum atomic E-state index is 14.2. The van der Waals surface area contributed by atoms with E-state index in [-0.39, 0.29) is 53.3 Å². The fraction of sp³-hybridized carbons (Fsp3) is 0.500. The molecule has 0 saturated carbocycles. The minimum atomic E-state index is -4.15. The van der Waals surface area contributed by atoms with E-state index in [1.54, 1.807) is 18.2 Å². The normalized spacial score (nSPS) is 13.0. The molecule has 3 rings (SSSR count). The second-order valence-electron chi connectivity index (χ2n) is 14.9. The monoisotopic (exact) mass is 626 g/mol. The van der Waals surface area contributed by atoms with Crippen LogP contribution >= 0.6 is 7.82 Å². The number of rotatable bonds is 9. The third kappa shape index (κ3) is 8.66. The van der Waals surface area contributed by atoms with Crippen LogP contribution in [0.5, 0.6) is 17.2 Å². The Bertz CT molecular complexity index is 1370. The van der Waals surface area contributed by atoms with Gasteiger partial charge in [-0.05, 0) is 105 Å². The van der Waals surface area contributed by atoms with Crippen molar-refractivity contribution in [3.8, 4) is 17.2 Å². The van der Waals surface area contributed by atoms with Gasteiger partial charge in [-0.3, -0.25) is 13.6 Å². The molecule has 0 unspecified atom stereocenters. The summed E-state index contributed by atoms with van der Waals surface area (Å²) in [6.07, 6.45) is 0. The molecular weight excluding hydrogens is 575 g/mol. The number of benzene rings is 3. The van der Waals surface area contributed by atoms with Crippen molar-refractivity contribution >= 4 is 7.82 Å². The zero-order valence-electron chi connectivity index (χ0n) is 28.5. The molecule has 0 saturated heterocycles. The molecule has 0 atom stereocenters. The number of hydrogen-bond donors (Lipinski definition) is 3. The number of phosphoric ester groups is 1. The average Bonchev–Trinajstić information content (AvgIpc) is 2.88. The van der Waals surface area contributed by atoms with Gasteiger partial charge < -0.3 is 15.3 Å². The fourth-order valence-corrected chi connectivity index (χ4v) is 6.25. The molecule has 0 heterocycles. The van der Waals surface area contributed by atoms with E-state index in [0.717, 1.165) is 33.4 Å². The second-order valence-corrected chi connectivity index (χ2v) is 16.6. The molecule has 0 aliphatic carbocycles. The van der Waals surface area contributed by atoms with Crippen molar-refractivity contribution in [1.82, 2.24) is 0 Å². The highest BCUT2D eigenvalue weighted by atomic mass is 31.2. The highest BCUT2D eigenvalue weighted by Crippen LogP contribution is 2.52. The standard InChI is InChI=1S/C36H51O7P/c1-22-13-25(16-28(31(22)37)34(4,5)6)19-41-44(40,42-20-26-14-23(2)32(38)29(17-26)35(7,8)9)43-21-27-15-24(3)33(39)30(18-27)36(10,11)12/h13-18,37-39H,19-21H2,1-12H3. The Morgan fingerprint density at radius 3 is 0.932 bits per heavy atom. The number of phenols is 3. The average molecular weight is 627 g/mol. The zero-order chi connectivity index (χ0) is 33.4. The Labute approximate surface area is 263 Å². The maximum Gasteiger partial charge on any atom is 0.475 e. The van der Waals surface area contributed by atoms with Gasteiger partial charge in [0.25, 0.3) is 0 Å². The summed E-state index contributed by atoms with van der Waals surface area (Å²) in [5.41, 5.74) is 5.59. The molecular formula is C36H51O7P. The molecule has 3 N–H and O–H groups in total. The number of phosphoric acid groups is 1. The SMILES string of the molecule is Cc1cc(COP(=O)(OCc2cc(C)c(O)c(C(C)(C)C)c2)OCc2cc(C)c(O)c(C(C)(C)C)c2)cc(C(C)(C)C)c1O. The van der Waals surface area contributed by atoms with Gasteiger partial charge in [0, 0.05) is 0 Å². The zero-order valence-corrected chi connectivity index (χ0v) is 29.4. The molecule has 0 radical (unpaired) electrons. The Kier molecular flexibility index (Phi) is 10.4. The number of phenolic OH excluding ortho intramolecular Hbond substituents is 3. The molecule has 0 bridgehead atoms. The predicted octanol–water partition coefficient (Wildman–Crippen LogP) is 9.68. The summed E-state index contributed by atoms with van der Waals surface area (Å²) < 4.78 is 32.1. The van der Waals surface area contributed by atoms with Gasteiger partial charge in [0.2, 0.25) is 0 Å². The lowest BCUT2D eigenvalue weighted by molar-refractivity contribution is 0.0977. The van der Waals surface area contributed by atoms with Gasteiger partial charge in [0.1, 0.15) is 17.2 Å². The summed E-state index contributed by atoms with van der Waals surface area (Å²) in [5.74, 6) is 0.685. The molecule has 3 aromatic rings. The summed E-state index contributed by atoms with van der Waals surface area (Å²) in [7, 11) is -4.15. The van der Waals surface area contributed by atoms with Crippen LogP contribution in [0.25, 0.3) is 0 Å². The highest BCUT2D eigenvalue weighted by molar-refractivity contribution is 7.48. The van der Waals surface area contributed by atoms with Crippen LogP contribution in [0.3, 0.4) is 0 Å². The molecule has 44 heavy (non-hydrogen) atoms. The van der Waals surface area contributed by atoms with Crippen LogP contribution in [0.4, 0.5) is 0 Å². The third-order valence-electron chi connectivity index (χ3n) is 7.67. The van der Waals surface area contributed by atoms with Crippen molar-refractivity contribution in [2.24, 2.45) is 0 Å². The molecule has 0 aliphatic heterocycles. The van der Waals surface area contributed by atoms with Crippen molar-refractivity contribution in [2.75, 3.05) is 0 Å². The van der Waals surface area contributed by atoms with Gasteiger partial charge in [-0.2, -0.15) is 0 Å². The molecule has 7 nitrogen and oxygen atoms in total. The van der Waals surface area contributed by atoms with E-state index in [9.17, 15) is 19.9 Å². The van der Waals surface area contributed by atoms with E-state index in [1.165, 1.54) is 0 Å². The molecule has 3 aromatic carbocycles. The first-order valence-corrected chi connectivity index (χ1v) is 16.5. The summed E-state index contributed by atoms with van der Waals surface area (Å²) in [4.78, 5) is 0. The quantitative estimate of drug-likeness (QED) is 0.203. The van der Waals surface area contributed by atoms with Crippen LogP contribution in [0.15, 0.2) is 36.4 Å². The summed E-state index contributed by atoms with van der Waals surface area (Å²) in [5, 5.41) is 32.0. The van der Waals surface area contributed by atoms with Crippen molar-refractivity contribution in [3.63, 3.8) is 0 Å². The van der Waals surface area contributed by atoms with Crippen LogP contribution in [0.2, 0.25) is 0 Å². The first kappa shape index (κ1) is 35.6. The van der Waals surface area contributed by atoms with Gasteiger partial charge in [-0.25, -0.2) is 4.57 Å². The first-order chi connectivity index (χ1) is 20.0. The fourth-order valence-electron chi connectivity index (χ4n) is 5.10. The van der Waals surface area contributed by atoms with Crippen LogP contribution in [0.1, 0.15) is 112 Å². The first-order valence-electron chi connectivity index (χ1n) is 15.0. The molecule has 0 amide bonds. The number of aromatic hydroxyl groups is 3. The Balaban J connectivity index is 1.96. The van der Waals surface area contributed by atoms with Crippen LogP contribution in [-0.4, -0.2) is 15.3 Å². The largest absolute Gasteiger partial charge is 0.507 e. The van der Waals surface area contributed by atoms with Gasteiger partial charge in [0.15, 0.2) is 0 Å². The Morgan fingerprint density at radius 2 is 0.727 bits per heavy atom. The smallest absolute Gasteiger partial charge is 0.475 e. The van der Waals surface area contributed by atoms with Gasteiger partial charge in [-0.1, -0.05) is 80.5 Å². The summed E-state index contributed by atoms with van der Waals surface area (Å²) >= 11 is 0. The second kappa shape index (κ2) is 12.9. The minimum absolute atomic E-state index is 0.0643. The van der Waals surface area contributed by atoms with Crippen molar-refractivity contribution < 1.29 is 33.5 Å². The van der Waals surface area contributed by atoms with Crippen molar-refractivity contribution in [2.45, 2.75) is 119 Å². The van der Waals surface area contributed by atoms with Crippen LogP contribution in [0, 0.1) is 20.8 Å².